The zero-order valence-electron chi connectivity index (χ0n) is 13.1. The molecule has 0 aliphatic rings. The first-order valence-corrected chi connectivity index (χ1v) is 8.59. The number of rotatable bonds is 6. The molecule has 0 bridgehead atoms. The summed E-state index contributed by atoms with van der Waals surface area (Å²) in [7, 11) is 0. The van der Waals surface area contributed by atoms with Crippen LogP contribution in [0, 0.1) is 0 Å². The number of nitrogens with zero attached hydrogens (tertiary/aromatic N) is 2. The fraction of sp³-hybridized carbons (Fsp3) is 0.167. The summed E-state index contributed by atoms with van der Waals surface area (Å²) in [6.45, 7) is 1.10. The van der Waals surface area contributed by atoms with Crippen molar-refractivity contribution in [2.75, 3.05) is 6.54 Å². The Morgan fingerprint density at radius 3 is 2.50 bits per heavy atom. The van der Waals surface area contributed by atoms with E-state index in [2.05, 4.69) is 20.6 Å². The zero-order chi connectivity index (χ0) is 16.6. The number of hydrogen-bond donors (Lipinski definition) is 2. The van der Waals surface area contributed by atoms with E-state index in [-0.39, 0.29) is 6.03 Å². The minimum Gasteiger partial charge on any atom is -0.338 e. The Balaban J connectivity index is 1.42. The maximum absolute atomic E-state index is 11.7. The molecular formula is C18H18N4OS. The SMILES string of the molecule is O=C(NCCc1cnc(-c2ccccc2)nc1)NCc1cccs1. The lowest BCUT2D eigenvalue weighted by Gasteiger charge is -2.07. The van der Waals surface area contributed by atoms with Crippen molar-refractivity contribution in [3.63, 3.8) is 0 Å². The Labute approximate surface area is 144 Å². The van der Waals surface area contributed by atoms with E-state index in [1.54, 1.807) is 23.7 Å². The van der Waals surface area contributed by atoms with Crippen LogP contribution in [0.15, 0.2) is 60.2 Å². The van der Waals surface area contributed by atoms with E-state index < -0.39 is 0 Å². The molecule has 0 atom stereocenters. The number of nitrogens with one attached hydrogen (secondary N) is 2. The van der Waals surface area contributed by atoms with Crippen molar-refractivity contribution in [2.24, 2.45) is 0 Å². The molecule has 1 aromatic carbocycles. The first-order valence-electron chi connectivity index (χ1n) is 7.72. The monoisotopic (exact) mass is 338 g/mol. The van der Waals surface area contributed by atoms with Crippen molar-refractivity contribution in [3.05, 3.63) is 70.7 Å². The van der Waals surface area contributed by atoms with Crippen LogP contribution >= 0.6 is 11.3 Å². The molecule has 3 rings (SSSR count). The number of hydrogen-bond acceptors (Lipinski definition) is 4. The Kier molecular flexibility index (Phi) is 5.52. The van der Waals surface area contributed by atoms with Gasteiger partial charge in [-0.25, -0.2) is 14.8 Å². The Hall–Kier alpha value is -2.73. The van der Waals surface area contributed by atoms with E-state index in [0.717, 1.165) is 16.0 Å². The third kappa shape index (κ3) is 4.63. The van der Waals surface area contributed by atoms with Gasteiger partial charge >= 0.3 is 6.03 Å². The minimum absolute atomic E-state index is 0.162. The molecule has 0 spiro atoms. The van der Waals surface area contributed by atoms with E-state index >= 15 is 0 Å². The number of aromatic nitrogens is 2. The molecule has 2 heterocycles. The van der Waals surface area contributed by atoms with Crippen LogP contribution in [0.4, 0.5) is 4.79 Å². The predicted molar refractivity (Wildman–Crippen MR) is 95.7 cm³/mol. The molecule has 0 radical (unpaired) electrons. The van der Waals surface area contributed by atoms with Gasteiger partial charge in [-0.2, -0.15) is 0 Å². The number of thiophene rings is 1. The van der Waals surface area contributed by atoms with Gasteiger partial charge in [0.2, 0.25) is 0 Å². The summed E-state index contributed by atoms with van der Waals surface area (Å²) in [5, 5.41) is 7.66. The molecule has 122 valence electrons. The lowest BCUT2D eigenvalue weighted by atomic mass is 10.2. The molecule has 0 fully saturated rings. The van der Waals surface area contributed by atoms with Gasteiger partial charge in [-0.15, -0.1) is 11.3 Å². The number of urea groups is 1. The van der Waals surface area contributed by atoms with E-state index in [1.807, 2.05) is 47.8 Å². The van der Waals surface area contributed by atoms with Crippen LogP contribution in [0.3, 0.4) is 0 Å². The maximum atomic E-state index is 11.7. The molecule has 0 unspecified atom stereocenters. The summed E-state index contributed by atoms with van der Waals surface area (Å²) < 4.78 is 0. The number of amides is 2. The first kappa shape index (κ1) is 16.1. The van der Waals surface area contributed by atoms with Gasteiger partial charge in [0.25, 0.3) is 0 Å². The molecule has 0 aliphatic carbocycles. The Morgan fingerprint density at radius 1 is 1.00 bits per heavy atom. The van der Waals surface area contributed by atoms with Crippen molar-refractivity contribution in [1.82, 2.24) is 20.6 Å². The van der Waals surface area contributed by atoms with Crippen LogP contribution in [0.25, 0.3) is 11.4 Å². The molecule has 0 aliphatic heterocycles. The Bertz CT molecular complexity index is 757. The minimum atomic E-state index is -0.162. The molecule has 0 saturated carbocycles. The highest BCUT2D eigenvalue weighted by Crippen LogP contribution is 2.13. The third-order valence-corrected chi connectivity index (χ3v) is 4.32. The summed E-state index contributed by atoms with van der Waals surface area (Å²) >= 11 is 1.63. The first-order chi connectivity index (χ1) is 11.8. The topological polar surface area (TPSA) is 66.9 Å². The summed E-state index contributed by atoms with van der Waals surface area (Å²) in [6.07, 6.45) is 4.31. The lowest BCUT2D eigenvalue weighted by molar-refractivity contribution is 0.240. The van der Waals surface area contributed by atoms with Gasteiger partial charge in [-0.1, -0.05) is 36.4 Å². The molecule has 5 nitrogen and oxygen atoms in total. The van der Waals surface area contributed by atoms with Gasteiger partial charge in [-0.05, 0) is 23.4 Å². The molecule has 24 heavy (non-hydrogen) atoms. The van der Waals surface area contributed by atoms with Gasteiger partial charge < -0.3 is 10.6 Å². The van der Waals surface area contributed by atoms with E-state index in [4.69, 9.17) is 0 Å². The number of carbonyl (C=O) groups excluding carboxylic acids is 1. The van der Waals surface area contributed by atoms with Crippen molar-refractivity contribution in [2.45, 2.75) is 13.0 Å². The largest absolute Gasteiger partial charge is 0.338 e. The van der Waals surface area contributed by atoms with Crippen LogP contribution < -0.4 is 10.6 Å². The molecule has 6 heteroatoms. The second kappa shape index (κ2) is 8.21. The molecule has 2 amide bonds. The quantitative estimate of drug-likeness (QED) is 0.725. The number of benzene rings is 1. The van der Waals surface area contributed by atoms with Crippen LogP contribution in [0.2, 0.25) is 0 Å². The fourth-order valence-corrected chi connectivity index (χ4v) is 2.83. The van der Waals surface area contributed by atoms with Crippen molar-refractivity contribution >= 4 is 17.4 Å². The predicted octanol–water partition coefficient (Wildman–Crippen LogP) is 3.25. The highest BCUT2D eigenvalue weighted by atomic mass is 32.1. The van der Waals surface area contributed by atoms with Crippen molar-refractivity contribution < 1.29 is 4.79 Å². The van der Waals surface area contributed by atoms with Crippen LogP contribution in [-0.2, 0) is 13.0 Å². The van der Waals surface area contributed by atoms with Crippen LogP contribution in [0.1, 0.15) is 10.4 Å². The van der Waals surface area contributed by atoms with Crippen molar-refractivity contribution in [3.8, 4) is 11.4 Å². The van der Waals surface area contributed by atoms with E-state index in [9.17, 15) is 4.79 Å². The average Bonchev–Trinajstić information content (AvgIpc) is 3.15. The Morgan fingerprint density at radius 2 is 1.79 bits per heavy atom. The van der Waals surface area contributed by atoms with Gasteiger partial charge in [-0.3, -0.25) is 0 Å². The molecule has 2 N–H and O–H groups in total. The maximum Gasteiger partial charge on any atom is 0.315 e. The van der Waals surface area contributed by atoms with Gasteiger partial charge in [0.1, 0.15) is 0 Å². The van der Waals surface area contributed by atoms with Crippen LogP contribution in [0.5, 0.6) is 0 Å². The highest BCUT2D eigenvalue weighted by molar-refractivity contribution is 7.09. The summed E-state index contributed by atoms with van der Waals surface area (Å²) in [6, 6.07) is 13.7. The smallest absolute Gasteiger partial charge is 0.315 e. The lowest BCUT2D eigenvalue weighted by Crippen LogP contribution is -2.36. The molecular weight excluding hydrogens is 320 g/mol. The molecule has 3 aromatic rings. The van der Waals surface area contributed by atoms with E-state index in [0.29, 0.717) is 25.3 Å². The second-order valence-corrected chi connectivity index (χ2v) is 6.25. The van der Waals surface area contributed by atoms with Crippen LogP contribution in [-0.4, -0.2) is 22.5 Å². The fourth-order valence-electron chi connectivity index (χ4n) is 2.18. The standard InChI is InChI=1S/C18H18N4OS/c23-18(22-13-16-7-4-10-24-16)19-9-8-14-11-20-17(21-12-14)15-5-2-1-3-6-15/h1-7,10-12H,8-9,13H2,(H2,19,22,23). The summed E-state index contributed by atoms with van der Waals surface area (Å²) in [4.78, 5) is 21.6. The van der Waals surface area contributed by atoms with Gasteiger partial charge in [0.15, 0.2) is 5.82 Å². The summed E-state index contributed by atoms with van der Waals surface area (Å²) in [5.41, 5.74) is 1.99. The van der Waals surface area contributed by atoms with Gasteiger partial charge in [0, 0.05) is 29.4 Å². The number of carbonyl (C=O) groups is 1. The molecule has 2 aromatic heterocycles. The van der Waals surface area contributed by atoms with Crippen molar-refractivity contribution in [1.29, 1.82) is 0 Å². The van der Waals surface area contributed by atoms with Gasteiger partial charge in [0.05, 0.1) is 6.54 Å². The normalized spacial score (nSPS) is 10.3. The second-order valence-electron chi connectivity index (χ2n) is 5.22. The molecule has 0 saturated heterocycles. The average molecular weight is 338 g/mol. The van der Waals surface area contributed by atoms with E-state index in [1.165, 1.54) is 0 Å². The summed E-state index contributed by atoms with van der Waals surface area (Å²) in [5.74, 6) is 0.709. The zero-order valence-corrected chi connectivity index (χ0v) is 13.9. The highest BCUT2D eigenvalue weighted by Gasteiger charge is 2.03. The third-order valence-electron chi connectivity index (χ3n) is 3.44.